The van der Waals surface area contributed by atoms with Crippen LogP contribution >= 0.6 is 15.9 Å². The molecule has 0 amide bonds. The molecule has 0 aromatic heterocycles. The largest absolute Gasteiger partial charge is 0.480 e. The molecular weight excluding hydrogens is 232 g/mol. The first kappa shape index (κ1) is 10.3. The molecule has 0 spiro atoms. The SMILES string of the molecule is CCC(Br)(C(=O)O)c1ccccc1. The number of carboxylic acid groups (broad SMARTS) is 1. The summed E-state index contributed by atoms with van der Waals surface area (Å²) in [4.78, 5) is 11.0. The number of hydrogen-bond acceptors (Lipinski definition) is 1. The number of aliphatic carboxylic acids is 1. The molecule has 0 aliphatic heterocycles. The second-order valence-corrected chi connectivity index (χ2v) is 4.18. The van der Waals surface area contributed by atoms with E-state index < -0.39 is 10.3 Å². The number of carbonyl (C=O) groups is 1. The molecule has 1 rings (SSSR count). The molecule has 70 valence electrons. The maximum absolute atomic E-state index is 11.0. The van der Waals surface area contributed by atoms with Crippen molar-refractivity contribution in [1.82, 2.24) is 0 Å². The summed E-state index contributed by atoms with van der Waals surface area (Å²) < 4.78 is -0.936. The smallest absolute Gasteiger partial charge is 0.324 e. The molecule has 0 radical (unpaired) electrons. The minimum Gasteiger partial charge on any atom is -0.480 e. The van der Waals surface area contributed by atoms with E-state index in [9.17, 15) is 4.79 Å². The Morgan fingerprint density at radius 2 is 2.00 bits per heavy atom. The highest BCUT2D eigenvalue weighted by Crippen LogP contribution is 2.34. The number of hydrogen-bond donors (Lipinski definition) is 1. The lowest BCUT2D eigenvalue weighted by Crippen LogP contribution is -2.27. The normalized spacial score (nSPS) is 14.9. The van der Waals surface area contributed by atoms with Gasteiger partial charge in [0, 0.05) is 0 Å². The van der Waals surface area contributed by atoms with Crippen LogP contribution in [-0.2, 0) is 9.12 Å². The highest BCUT2D eigenvalue weighted by atomic mass is 79.9. The minimum atomic E-state index is -0.936. The highest BCUT2D eigenvalue weighted by molar-refractivity contribution is 9.10. The summed E-state index contributed by atoms with van der Waals surface area (Å²) >= 11 is 3.26. The molecule has 1 unspecified atom stereocenters. The molecule has 0 saturated carbocycles. The Bertz CT molecular complexity index is 297. The summed E-state index contributed by atoms with van der Waals surface area (Å²) in [7, 11) is 0. The van der Waals surface area contributed by atoms with E-state index >= 15 is 0 Å². The predicted molar refractivity (Wildman–Crippen MR) is 55.0 cm³/mol. The van der Waals surface area contributed by atoms with Crippen LogP contribution in [0.3, 0.4) is 0 Å². The molecule has 0 saturated heterocycles. The Morgan fingerprint density at radius 3 is 2.38 bits per heavy atom. The van der Waals surface area contributed by atoms with Crippen molar-refractivity contribution in [2.24, 2.45) is 0 Å². The zero-order valence-electron chi connectivity index (χ0n) is 7.33. The second-order valence-electron chi connectivity index (χ2n) is 2.83. The molecule has 0 aliphatic rings. The van der Waals surface area contributed by atoms with Crippen molar-refractivity contribution in [3.05, 3.63) is 35.9 Å². The number of halogens is 1. The average Bonchev–Trinajstić information content (AvgIpc) is 2.17. The van der Waals surface area contributed by atoms with E-state index in [4.69, 9.17) is 5.11 Å². The maximum Gasteiger partial charge on any atom is 0.324 e. The summed E-state index contributed by atoms with van der Waals surface area (Å²) in [6.07, 6.45) is 0.520. The molecular formula is C10H11BrO2. The van der Waals surface area contributed by atoms with Gasteiger partial charge in [-0.25, -0.2) is 0 Å². The van der Waals surface area contributed by atoms with Gasteiger partial charge in [0.05, 0.1) is 0 Å². The maximum atomic E-state index is 11.0. The third-order valence-electron chi connectivity index (χ3n) is 2.06. The molecule has 0 heterocycles. The van der Waals surface area contributed by atoms with E-state index in [-0.39, 0.29) is 0 Å². The summed E-state index contributed by atoms with van der Waals surface area (Å²) in [5.74, 6) is -0.846. The van der Waals surface area contributed by atoms with E-state index in [1.165, 1.54) is 0 Å². The molecule has 3 heteroatoms. The fraction of sp³-hybridized carbons (Fsp3) is 0.300. The summed E-state index contributed by atoms with van der Waals surface area (Å²) in [5.41, 5.74) is 0.782. The van der Waals surface area contributed by atoms with Crippen molar-refractivity contribution in [3.63, 3.8) is 0 Å². The van der Waals surface area contributed by atoms with Gasteiger partial charge < -0.3 is 5.11 Å². The van der Waals surface area contributed by atoms with Gasteiger partial charge in [0.25, 0.3) is 0 Å². The van der Waals surface area contributed by atoms with Gasteiger partial charge >= 0.3 is 5.97 Å². The van der Waals surface area contributed by atoms with Crippen LogP contribution in [0, 0.1) is 0 Å². The molecule has 1 aromatic rings. The Hall–Kier alpha value is -0.830. The number of rotatable bonds is 3. The van der Waals surface area contributed by atoms with Crippen molar-refractivity contribution >= 4 is 21.9 Å². The van der Waals surface area contributed by atoms with E-state index in [0.717, 1.165) is 5.56 Å². The standard InChI is InChI=1S/C10H11BrO2/c1-2-10(11,9(12)13)8-6-4-3-5-7-8/h3-7H,2H2,1H3,(H,12,13). The molecule has 13 heavy (non-hydrogen) atoms. The first-order valence-electron chi connectivity index (χ1n) is 4.09. The van der Waals surface area contributed by atoms with Gasteiger partial charge in [-0.3, -0.25) is 4.79 Å². The van der Waals surface area contributed by atoms with Crippen LogP contribution in [0.5, 0.6) is 0 Å². The minimum absolute atomic E-state index is 0.520. The summed E-state index contributed by atoms with van der Waals surface area (Å²) in [6.45, 7) is 1.84. The van der Waals surface area contributed by atoms with Crippen LogP contribution in [0.4, 0.5) is 0 Å². The Balaban J connectivity index is 3.11. The average molecular weight is 243 g/mol. The Labute approximate surface area is 85.7 Å². The number of carboxylic acids is 1. The molecule has 1 N–H and O–H groups in total. The van der Waals surface area contributed by atoms with Gasteiger partial charge in [-0.15, -0.1) is 0 Å². The van der Waals surface area contributed by atoms with E-state index in [1.807, 2.05) is 37.3 Å². The van der Waals surface area contributed by atoms with E-state index in [0.29, 0.717) is 6.42 Å². The molecule has 2 nitrogen and oxygen atoms in total. The van der Waals surface area contributed by atoms with Crippen molar-refractivity contribution in [3.8, 4) is 0 Å². The van der Waals surface area contributed by atoms with Crippen molar-refractivity contribution in [2.45, 2.75) is 17.7 Å². The van der Waals surface area contributed by atoms with Gasteiger partial charge in [-0.2, -0.15) is 0 Å². The second kappa shape index (κ2) is 3.92. The van der Waals surface area contributed by atoms with Crippen LogP contribution < -0.4 is 0 Å². The highest BCUT2D eigenvalue weighted by Gasteiger charge is 2.35. The van der Waals surface area contributed by atoms with Gasteiger partial charge in [0.15, 0.2) is 0 Å². The van der Waals surface area contributed by atoms with Crippen molar-refractivity contribution < 1.29 is 9.90 Å². The van der Waals surface area contributed by atoms with Crippen molar-refractivity contribution in [2.75, 3.05) is 0 Å². The van der Waals surface area contributed by atoms with Gasteiger partial charge in [0.1, 0.15) is 4.32 Å². The van der Waals surface area contributed by atoms with E-state index in [1.54, 1.807) is 0 Å². The lowest BCUT2D eigenvalue weighted by molar-refractivity contribution is -0.140. The third-order valence-corrected chi connectivity index (χ3v) is 3.42. The lowest BCUT2D eigenvalue weighted by atomic mass is 9.97. The summed E-state index contributed by atoms with van der Waals surface area (Å²) in [5, 5.41) is 9.04. The van der Waals surface area contributed by atoms with Gasteiger partial charge in [0.2, 0.25) is 0 Å². The van der Waals surface area contributed by atoms with Crippen LogP contribution in [0.25, 0.3) is 0 Å². The van der Waals surface area contributed by atoms with Crippen LogP contribution in [-0.4, -0.2) is 11.1 Å². The summed E-state index contributed by atoms with van der Waals surface area (Å²) in [6, 6.07) is 9.17. The molecule has 0 bridgehead atoms. The monoisotopic (exact) mass is 242 g/mol. The zero-order valence-corrected chi connectivity index (χ0v) is 8.91. The van der Waals surface area contributed by atoms with E-state index in [2.05, 4.69) is 15.9 Å². The number of benzene rings is 1. The predicted octanol–water partition coefficient (Wildman–Crippen LogP) is 2.77. The van der Waals surface area contributed by atoms with Crippen LogP contribution in [0.15, 0.2) is 30.3 Å². The Morgan fingerprint density at radius 1 is 1.46 bits per heavy atom. The van der Waals surface area contributed by atoms with Crippen LogP contribution in [0.1, 0.15) is 18.9 Å². The third kappa shape index (κ3) is 1.91. The molecule has 1 aromatic carbocycles. The first-order chi connectivity index (χ1) is 6.11. The quantitative estimate of drug-likeness (QED) is 0.829. The lowest BCUT2D eigenvalue weighted by Gasteiger charge is -2.20. The molecule has 0 aliphatic carbocycles. The first-order valence-corrected chi connectivity index (χ1v) is 4.88. The van der Waals surface area contributed by atoms with Gasteiger partial charge in [-0.1, -0.05) is 53.2 Å². The topological polar surface area (TPSA) is 37.3 Å². The zero-order chi connectivity index (χ0) is 9.90. The Kier molecular flexibility index (Phi) is 3.09. The fourth-order valence-electron chi connectivity index (χ4n) is 1.18. The van der Waals surface area contributed by atoms with Crippen LogP contribution in [0.2, 0.25) is 0 Å². The van der Waals surface area contributed by atoms with Gasteiger partial charge in [-0.05, 0) is 12.0 Å². The molecule has 1 atom stereocenters. The number of alkyl halides is 1. The molecule has 0 fully saturated rings. The van der Waals surface area contributed by atoms with Crippen molar-refractivity contribution in [1.29, 1.82) is 0 Å². The fourth-order valence-corrected chi connectivity index (χ4v) is 1.45.